The molecule has 1 aromatic carbocycles. The van der Waals surface area contributed by atoms with E-state index in [-0.39, 0.29) is 12.1 Å². The third-order valence-corrected chi connectivity index (χ3v) is 4.15. The van der Waals surface area contributed by atoms with Crippen LogP contribution in [0.1, 0.15) is 49.5 Å². The predicted octanol–water partition coefficient (Wildman–Crippen LogP) is 3.42. The maximum Gasteiger partial charge on any atom is 0.410 e. The number of methoxy groups -OCH3 is 2. The molecule has 0 radical (unpaired) electrons. The van der Waals surface area contributed by atoms with Crippen LogP contribution in [0.3, 0.4) is 0 Å². The summed E-state index contributed by atoms with van der Waals surface area (Å²) >= 11 is 0. The molecule has 1 heterocycles. The number of hydrogen-bond donors (Lipinski definition) is 0. The molecule has 0 aromatic heterocycles. The summed E-state index contributed by atoms with van der Waals surface area (Å²) in [5, 5.41) is 0. The predicted molar refractivity (Wildman–Crippen MR) is 94.0 cm³/mol. The maximum absolute atomic E-state index is 12.4. The van der Waals surface area contributed by atoms with E-state index in [0.717, 1.165) is 18.4 Å². The van der Waals surface area contributed by atoms with Crippen molar-refractivity contribution in [3.05, 3.63) is 29.3 Å². The fourth-order valence-electron chi connectivity index (χ4n) is 3.02. The highest BCUT2D eigenvalue weighted by Gasteiger charge is 2.32. The monoisotopic (exact) mass is 349 g/mol. The van der Waals surface area contributed by atoms with E-state index in [2.05, 4.69) is 0 Å². The van der Waals surface area contributed by atoms with E-state index in [0.29, 0.717) is 24.3 Å². The number of hydrogen-bond acceptors (Lipinski definition) is 5. The van der Waals surface area contributed by atoms with Crippen LogP contribution in [0.25, 0.3) is 0 Å². The van der Waals surface area contributed by atoms with Crippen molar-refractivity contribution in [2.45, 2.75) is 51.7 Å². The van der Waals surface area contributed by atoms with E-state index in [9.17, 15) is 9.59 Å². The number of esters is 1. The molecule has 1 aliphatic rings. The first kappa shape index (κ1) is 19.1. The highest BCUT2D eigenvalue weighted by molar-refractivity contribution is 5.92. The van der Waals surface area contributed by atoms with Crippen LogP contribution < -0.4 is 4.74 Å². The number of carbonyl (C=O) groups excluding carboxylic acids is 2. The first-order chi connectivity index (χ1) is 11.7. The third kappa shape index (κ3) is 4.87. The van der Waals surface area contributed by atoms with Crippen LogP contribution in [0.5, 0.6) is 5.75 Å². The van der Waals surface area contributed by atoms with Gasteiger partial charge in [0.2, 0.25) is 0 Å². The molecule has 0 aliphatic carbocycles. The fraction of sp³-hybridized carbons (Fsp3) is 0.579. The molecule has 25 heavy (non-hydrogen) atoms. The summed E-state index contributed by atoms with van der Waals surface area (Å²) in [6, 6.07) is 5.49. The van der Waals surface area contributed by atoms with Gasteiger partial charge in [0.15, 0.2) is 0 Å². The third-order valence-electron chi connectivity index (χ3n) is 4.15. The quantitative estimate of drug-likeness (QED) is 0.779. The molecular weight excluding hydrogens is 322 g/mol. The number of carbonyl (C=O) groups is 2. The standard InChI is InChI=1S/C19H27NO5/c1-19(2,3)25-18(22)20-10-6-7-14(20)11-13-8-9-15(17(21)24-5)16(12-13)23-4/h8-9,12,14H,6-7,10-11H2,1-5H3. The van der Waals surface area contributed by atoms with Gasteiger partial charge >= 0.3 is 12.1 Å². The Morgan fingerprint density at radius 3 is 2.56 bits per heavy atom. The lowest BCUT2D eigenvalue weighted by Crippen LogP contribution is -2.40. The Bertz CT molecular complexity index is 635. The summed E-state index contributed by atoms with van der Waals surface area (Å²) in [6.07, 6.45) is 2.31. The molecule has 1 amide bonds. The Hall–Kier alpha value is -2.24. The maximum atomic E-state index is 12.4. The Morgan fingerprint density at radius 2 is 1.96 bits per heavy atom. The second kappa shape index (κ2) is 7.76. The number of likely N-dealkylation sites (tertiary alicyclic amines) is 1. The van der Waals surface area contributed by atoms with Crippen molar-refractivity contribution >= 4 is 12.1 Å². The van der Waals surface area contributed by atoms with Crippen molar-refractivity contribution in [2.24, 2.45) is 0 Å². The molecule has 1 unspecified atom stereocenters. The molecular formula is C19H27NO5. The Balaban J connectivity index is 2.12. The van der Waals surface area contributed by atoms with Gasteiger partial charge in [-0.15, -0.1) is 0 Å². The van der Waals surface area contributed by atoms with Gasteiger partial charge in [0.25, 0.3) is 0 Å². The molecule has 0 spiro atoms. The lowest BCUT2D eigenvalue weighted by molar-refractivity contribution is 0.0226. The van der Waals surface area contributed by atoms with E-state index >= 15 is 0 Å². The zero-order valence-electron chi connectivity index (χ0n) is 15.6. The number of benzene rings is 1. The van der Waals surface area contributed by atoms with Gasteiger partial charge in [0, 0.05) is 12.6 Å². The second-order valence-corrected chi connectivity index (χ2v) is 7.20. The van der Waals surface area contributed by atoms with Gasteiger partial charge in [-0.25, -0.2) is 9.59 Å². The zero-order valence-corrected chi connectivity index (χ0v) is 15.6. The van der Waals surface area contributed by atoms with E-state index in [1.807, 2.05) is 32.9 Å². The van der Waals surface area contributed by atoms with Crippen molar-refractivity contribution in [1.82, 2.24) is 4.90 Å². The van der Waals surface area contributed by atoms with E-state index in [1.54, 1.807) is 11.0 Å². The van der Waals surface area contributed by atoms with Crippen LogP contribution in [-0.4, -0.2) is 49.4 Å². The Kier molecular flexibility index (Phi) is 5.93. The minimum atomic E-state index is -0.504. The molecule has 1 saturated heterocycles. The Morgan fingerprint density at radius 1 is 1.24 bits per heavy atom. The number of ether oxygens (including phenoxy) is 3. The summed E-state index contributed by atoms with van der Waals surface area (Å²) in [6.45, 7) is 6.31. The molecule has 1 aromatic rings. The largest absolute Gasteiger partial charge is 0.496 e. The van der Waals surface area contributed by atoms with E-state index in [4.69, 9.17) is 14.2 Å². The van der Waals surface area contributed by atoms with Crippen LogP contribution in [0, 0.1) is 0 Å². The highest BCUT2D eigenvalue weighted by Crippen LogP contribution is 2.27. The van der Waals surface area contributed by atoms with Crippen molar-refractivity contribution in [1.29, 1.82) is 0 Å². The molecule has 0 bridgehead atoms. The number of amides is 1. The average Bonchev–Trinajstić information content (AvgIpc) is 3.00. The first-order valence-corrected chi connectivity index (χ1v) is 8.50. The second-order valence-electron chi connectivity index (χ2n) is 7.20. The molecule has 6 heteroatoms. The van der Waals surface area contributed by atoms with Crippen LogP contribution >= 0.6 is 0 Å². The summed E-state index contributed by atoms with van der Waals surface area (Å²) in [4.78, 5) is 25.9. The van der Waals surface area contributed by atoms with Gasteiger partial charge in [-0.3, -0.25) is 0 Å². The molecule has 138 valence electrons. The van der Waals surface area contributed by atoms with Crippen molar-refractivity contribution < 1.29 is 23.8 Å². The van der Waals surface area contributed by atoms with Crippen LogP contribution in [-0.2, 0) is 15.9 Å². The topological polar surface area (TPSA) is 65.1 Å². The lowest BCUT2D eigenvalue weighted by Gasteiger charge is -2.28. The normalized spacial score (nSPS) is 17.3. The lowest BCUT2D eigenvalue weighted by atomic mass is 10.0. The Labute approximate surface area is 149 Å². The smallest absolute Gasteiger partial charge is 0.410 e. The summed E-state index contributed by atoms with van der Waals surface area (Å²) in [7, 11) is 2.86. The molecule has 6 nitrogen and oxygen atoms in total. The van der Waals surface area contributed by atoms with Gasteiger partial charge < -0.3 is 19.1 Å². The molecule has 0 saturated carbocycles. The van der Waals surface area contributed by atoms with Crippen molar-refractivity contribution in [3.8, 4) is 5.75 Å². The molecule has 1 fully saturated rings. The molecule has 0 N–H and O–H groups in total. The van der Waals surface area contributed by atoms with Gasteiger partial charge in [-0.05, 0) is 57.7 Å². The van der Waals surface area contributed by atoms with Crippen LogP contribution in [0.2, 0.25) is 0 Å². The average molecular weight is 349 g/mol. The van der Waals surface area contributed by atoms with Gasteiger partial charge in [0.05, 0.1) is 14.2 Å². The van der Waals surface area contributed by atoms with Gasteiger partial charge in [-0.2, -0.15) is 0 Å². The number of rotatable bonds is 4. The molecule has 1 atom stereocenters. The van der Waals surface area contributed by atoms with Gasteiger partial charge in [0.1, 0.15) is 16.9 Å². The van der Waals surface area contributed by atoms with Crippen molar-refractivity contribution in [3.63, 3.8) is 0 Å². The minimum Gasteiger partial charge on any atom is -0.496 e. The minimum absolute atomic E-state index is 0.0866. The van der Waals surface area contributed by atoms with Crippen LogP contribution in [0.4, 0.5) is 4.79 Å². The number of nitrogens with zero attached hydrogens (tertiary/aromatic N) is 1. The van der Waals surface area contributed by atoms with Crippen LogP contribution in [0.15, 0.2) is 18.2 Å². The molecule has 1 aliphatic heterocycles. The fourth-order valence-corrected chi connectivity index (χ4v) is 3.02. The SMILES string of the molecule is COC(=O)c1ccc(CC2CCCN2C(=O)OC(C)(C)C)cc1OC. The van der Waals surface area contributed by atoms with E-state index in [1.165, 1.54) is 14.2 Å². The summed E-state index contributed by atoms with van der Waals surface area (Å²) in [5.41, 5.74) is 0.893. The first-order valence-electron chi connectivity index (χ1n) is 8.50. The van der Waals surface area contributed by atoms with Crippen molar-refractivity contribution in [2.75, 3.05) is 20.8 Å². The van der Waals surface area contributed by atoms with Gasteiger partial charge in [-0.1, -0.05) is 6.07 Å². The molecule has 2 rings (SSSR count). The van der Waals surface area contributed by atoms with E-state index < -0.39 is 11.6 Å². The summed E-state index contributed by atoms with van der Waals surface area (Å²) < 4.78 is 15.6. The summed E-state index contributed by atoms with van der Waals surface area (Å²) in [5.74, 6) is 0.0470. The highest BCUT2D eigenvalue weighted by atomic mass is 16.6. The zero-order chi connectivity index (χ0) is 18.6.